The van der Waals surface area contributed by atoms with Crippen molar-refractivity contribution in [2.45, 2.75) is 60.3 Å². The van der Waals surface area contributed by atoms with Gasteiger partial charge in [0.15, 0.2) is 0 Å². The number of carbonyl (C=O) groups is 2. The third-order valence-electron chi connectivity index (χ3n) is 7.10. The summed E-state index contributed by atoms with van der Waals surface area (Å²) in [5.74, 6) is 1.28. The van der Waals surface area contributed by atoms with Crippen LogP contribution in [-0.2, 0) is 9.59 Å². The number of hydrogen-bond donors (Lipinski definition) is 1. The maximum atomic E-state index is 13.0. The second kappa shape index (κ2) is 9.51. The van der Waals surface area contributed by atoms with E-state index in [1.165, 1.54) is 12.8 Å². The first-order chi connectivity index (χ1) is 14.1. The highest BCUT2D eigenvalue weighted by atomic mass is 16.2. The number of nitrogens with one attached hydrogen (secondary N) is 1. The second-order valence-electron chi connectivity index (χ2n) is 10.3. The molecule has 30 heavy (non-hydrogen) atoms. The number of aryl methyl sites for hydroxylation is 2. The summed E-state index contributed by atoms with van der Waals surface area (Å²) >= 11 is 0. The molecule has 1 aliphatic carbocycles. The van der Waals surface area contributed by atoms with E-state index in [1.54, 1.807) is 0 Å². The van der Waals surface area contributed by atoms with Crippen molar-refractivity contribution in [3.63, 3.8) is 0 Å². The third kappa shape index (κ3) is 5.63. The van der Waals surface area contributed by atoms with E-state index < -0.39 is 0 Å². The van der Waals surface area contributed by atoms with Gasteiger partial charge in [0.25, 0.3) is 0 Å². The number of nitrogens with zero attached hydrogens (tertiary/aromatic N) is 2. The number of para-hydroxylation sites is 1. The molecule has 1 aromatic rings. The summed E-state index contributed by atoms with van der Waals surface area (Å²) in [5, 5.41) is 3.07. The zero-order valence-electron chi connectivity index (χ0n) is 19.5. The van der Waals surface area contributed by atoms with Crippen LogP contribution in [0.4, 0.5) is 5.69 Å². The van der Waals surface area contributed by atoms with Crippen LogP contribution in [0.15, 0.2) is 18.2 Å². The normalized spacial score (nSPS) is 23.3. The van der Waals surface area contributed by atoms with Gasteiger partial charge in [-0.3, -0.25) is 14.5 Å². The van der Waals surface area contributed by atoms with Gasteiger partial charge in [0.1, 0.15) is 0 Å². The Hall–Kier alpha value is -1.88. The monoisotopic (exact) mass is 413 g/mol. The van der Waals surface area contributed by atoms with Crippen LogP contribution in [0.3, 0.4) is 0 Å². The van der Waals surface area contributed by atoms with E-state index in [4.69, 9.17) is 0 Å². The molecule has 2 fully saturated rings. The summed E-state index contributed by atoms with van der Waals surface area (Å²) in [7, 11) is 0. The highest BCUT2D eigenvalue weighted by Gasteiger charge is 2.34. The Labute approximate surface area is 182 Å². The molecule has 1 saturated carbocycles. The van der Waals surface area contributed by atoms with Gasteiger partial charge in [-0.1, -0.05) is 39.0 Å². The molecule has 1 heterocycles. The number of carbonyl (C=O) groups excluding carboxylic acids is 2. The zero-order valence-corrected chi connectivity index (χ0v) is 19.5. The van der Waals surface area contributed by atoms with E-state index in [1.807, 2.05) is 36.9 Å². The van der Waals surface area contributed by atoms with Gasteiger partial charge in [0.2, 0.25) is 11.8 Å². The standard InChI is InChI=1S/C25H39N3O2/c1-18-7-6-8-19(2)23(18)26-22(29)17-27-13-15-28(16-14-27)24(30)20-9-11-21(12-10-20)25(3,4)5/h6-8,20-21H,9-17H2,1-5H3,(H,26,29). The summed E-state index contributed by atoms with van der Waals surface area (Å²) in [5.41, 5.74) is 3.43. The average Bonchev–Trinajstić information content (AvgIpc) is 2.70. The van der Waals surface area contributed by atoms with Gasteiger partial charge < -0.3 is 10.2 Å². The molecule has 1 aromatic carbocycles. The van der Waals surface area contributed by atoms with Crippen molar-refractivity contribution in [3.8, 4) is 0 Å². The molecule has 1 aliphatic heterocycles. The third-order valence-corrected chi connectivity index (χ3v) is 7.10. The van der Waals surface area contributed by atoms with Crippen LogP contribution in [-0.4, -0.2) is 54.3 Å². The van der Waals surface area contributed by atoms with Gasteiger partial charge >= 0.3 is 0 Å². The van der Waals surface area contributed by atoms with Crippen LogP contribution < -0.4 is 5.32 Å². The molecule has 0 spiro atoms. The molecule has 1 saturated heterocycles. The van der Waals surface area contributed by atoms with Crippen LogP contribution in [0.1, 0.15) is 57.6 Å². The summed E-state index contributed by atoms with van der Waals surface area (Å²) in [6, 6.07) is 6.04. The van der Waals surface area contributed by atoms with Crippen LogP contribution in [0, 0.1) is 31.1 Å². The first-order valence-corrected chi connectivity index (χ1v) is 11.5. The number of amides is 2. The summed E-state index contributed by atoms with van der Waals surface area (Å²) in [6.07, 6.45) is 4.38. The maximum absolute atomic E-state index is 13.0. The molecular formula is C25H39N3O2. The Kier molecular flexibility index (Phi) is 7.22. The van der Waals surface area contributed by atoms with Gasteiger partial charge in [-0.15, -0.1) is 0 Å². The lowest BCUT2D eigenvalue weighted by Crippen LogP contribution is -2.52. The molecule has 0 atom stereocenters. The van der Waals surface area contributed by atoms with E-state index in [0.717, 1.165) is 61.8 Å². The largest absolute Gasteiger partial charge is 0.340 e. The highest BCUT2D eigenvalue weighted by molar-refractivity contribution is 5.93. The first kappa shape index (κ1) is 22.8. The van der Waals surface area contributed by atoms with Crippen molar-refractivity contribution in [1.29, 1.82) is 0 Å². The summed E-state index contributed by atoms with van der Waals surface area (Å²) in [4.78, 5) is 29.7. The van der Waals surface area contributed by atoms with Crippen molar-refractivity contribution in [3.05, 3.63) is 29.3 Å². The smallest absolute Gasteiger partial charge is 0.238 e. The molecular weight excluding hydrogens is 374 g/mol. The minimum absolute atomic E-state index is 0.0210. The Morgan fingerprint density at radius 1 is 0.967 bits per heavy atom. The molecule has 5 heteroatoms. The Bertz CT molecular complexity index is 732. The van der Waals surface area contributed by atoms with Gasteiger partial charge in [-0.25, -0.2) is 0 Å². The van der Waals surface area contributed by atoms with Crippen LogP contribution in [0.25, 0.3) is 0 Å². The fourth-order valence-electron chi connectivity index (χ4n) is 4.98. The van der Waals surface area contributed by atoms with Crippen LogP contribution in [0.5, 0.6) is 0 Å². The van der Waals surface area contributed by atoms with E-state index in [2.05, 4.69) is 31.0 Å². The van der Waals surface area contributed by atoms with Crippen LogP contribution >= 0.6 is 0 Å². The number of anilines is 1. The minimum Gasteiger partial charge on any atom is -0.340 e. The fourth-order valence-corrected chi connectivity index (χ4v) is 4.98. The molecule has 0 unspecified atom stereocenters. The van der Waals surface area contributed by atoms with Crippen molar-refractivity contribution < 1.29 is 9.59 Å². The lowest BCUT2D eigenvalue weighted by molar-refractivity contribution is -0.139. The van der Waals surface area contributed by atoms with Crippen molar-refractivity contribution in [2.75, 3.05) is 38.0 Å². The van der Waals surface area contributed by atoms with Crippen molar-refractivity contribution >= 4 is 17.5 Å². The molecule has 3 rings (SSSR count). The van der Waals surface area contributed by atoms with E-state index in [9.17, 15) is 9.59 Å². The first-order valence-electron chi connectivity index (χ1n) is 11.5. The molecule has 1 N–H and O–H groups in total. The topological polar surface area (TPSA) is 52.7 Å². The van der Waals surface area contributed by atoms with Gasteiger partial charge in [-0.05, 0) is 62.0 Å². The van der Waals surface area contributed by atoms with Gasteiger partial charge in [-0.2, -0.15) is 0 Å². The zero-order chi connectivity index (χ0) is 21.9. The molecule has 2 aliphatic rings. The summed E-state index contributed by atoms with van der Waals surface area (Å²) < 4.78 is 0. The highest BCUT2D eigenvalue weighted by Crippen LogP contribution is 2.40. The molecule has 0 radical (unpaired) electrons. The fraction of sp³-hybridized carbons (Fsp3) is 0.680. The quantitative estimate of drug-likeness (QED) is 0.803. The Balaban J connectivity index is 1.43. The molecule has 2 amide bonds. The number of rotatable bonds is 4. The lowest BCUT2D eigenvalue weighted by Gasteiger charge is -2.40. The van der Waals surface area contributed by atoms with Crippen molar-refractivity contribution in [2.24, 2.45) is 17.3 Å². The Morgan fingerprint density at radius 2 is 1.53 bits per heavy atom. The van der Waals surface area contributed by atoms with Crippen LogP contribution in [0.2, 0.25) is 0 Å². The molecule has 166 valence electrons. The van der Waals surface area contributed by atoms with Gasteiger partial charge in [0, 0.05) is 37.8 Å². The lowest BCUT2D eigenvalue weighted by atomic mass is 9.69. The van der Waals surface area contributed by atoms with Gasteiger partial charge in [0.05, 0.1) is 6.54 Å². The number of benzene rings is 1. The predicted octanol–water partition coefficient (Wildman–Crippen LogP) is 4.24. The SMILES string of the molecule is Cc1cccc(C)c1NC(=O)CN1CCN(C(=O)C2CCC(C(C)(C)C)CC2)CC1. The average molecular weight is 414 g/mol. The minimum atomic E-state index is 0.0210. The van der Waals surface area contributed by atoms with E-state index in [-0.39, 0.29) is 11.8 Å². The predicted molar refractivity (Wildman–Crippen MR) is 122 cm³/mol. The molecule has 0 bridgehead atoms. The second-order valence-corrected chi connectivity index (χ2v) is 10.3. The maximum Gasteiger partial charge on any atom is 0.238 e. The molecule has 5 nitrogen and oxygen atoms in total. The Morgan fingerprint density at radius 3 is 2.07 bits per heavy atom. The number of piperazine rings is 1. The van der Waals surface area contributed by atoms with Crippen molar-refractivity contribution in [1.82, 2.24) is 9.80 Å². The number of hydrogen-bond acceptors (Lipinski definition) is 3. The summed E-state index contributed by atoms with van der Waals surface area (Å²) in [6.45, 7) is 14.4. The van der Waals surface area contributed by atoms with E-state index in [0.29, 0.717) is 17.9 Å². The van der Waals surface area contributed by atoms with E-state index >= 15 is 0 Å². The molecule has 0 aromatic heterocycles.